The Morgan fingerprint density at radius 1 is 1.32 bits per heavy atom. The second-order valence-electron chi connectivity index (χ2n) is 5.33. The van der Waals surface area contributed by atoms with Crippen LogP contribution in [0.2, 0.25) is 0 Å². The molecule has 0 amide bonds. The Morgan fingerprint density at radius 2 is 2.00 bits per heavy atom. The van der Waals surface area contributed by atoms with Crippen LogP contribution in [-0.4, -0.2) is 12.1 Å². The van der Waals surface area contributed by atoms with Crippen LogP contribution in [0.5, 0.6) is 5.75 Å². The standard InChI is InChI=1S/C14H17BrN2OS/c1-14(2,3)13-17-11(12(16)19-13)8-5-6-10(18-4)9(15)7-8/h5-7H,16H2,1-4H3. The maximum absolute atomic E-state index is 6.10. The van der Waals surface area contributed by atoms with Crippen molar-refractivity contribution < 1.29 is 4.74 Å². The molecule has 2 N–H and O–H groups in total. The number of anilines is 1. The molecule has 0 aliphatic carbocycles. The van der Waals surface area contributed by atoms with E-state index in [1.165, 1.54) is 0 Å². The minimum Gasteiger partial charge on any atom is -0.496 e. The van der Waals surface area contributed by atoms with Gasteiger partial charge in [-0.1, -0.05) is 20.8 Å². The zero-order valence-corrected chi connectivity index (χ0v) is 13.9. The van der Waals surface area contributed by atoms with E-state index in [-0.39, 0.29) is 5.41 Å². The Kier molecular flexibility index (Phi) is 3.87. The van der Waals surface area contributed by atoms with Crippen molar-refractivity contribution in [2.75, 3.05) is 12.8 Å². The van der Waals surface area contributed by atoms with Crippen molar-refractivity contribution in [1.29, 1.82) is 0 Å². The molecule has 1 aromatic heterocycles. The summed E-state index contributed by atoms with van der Waals surface area (Å²) in [5.74, 6) is 0.800. The van der Waals surface area contributed by atoms with Crippen LogP contribution in [0, 0.1) is 0 Å². The van der Waals surface area contributed by atoms with Crippen LogP contribution in [0.4, 0.5) is 5.00 Å². The third-order valence-corrected chi connectivity index (χ3v) is 4.65. The van der Waals surface area contributed by atoms with Crippen LogP contribution in [0.3, 0.4) is 0 Å². The number of thiazole rings is 1. The lowest BCUT2D eigenvalue weighted by atomic mass is 9.98. The molecule has 102 valence electrons. The van der Waals surface area contributed by atoms with Gasteiger partial charge in [-0.2, -0.15) is 0 Å². The lowest BCUT2D eigenvalue weighted by Gasteiger charge is -2.13. The minimum atomic E-state index is 0.0146. The Hall–Kier alpha value is -1.07. The number of rotatable bonds is 2. The number of benzene rings is 1. The number of nitrogen functional groups attached to an aromatic ring is 1. The Morgan fingerprint density at radius 3 is 2.47 bits per heavy atom. The van der Waals surface area contributed by atoms with E-state index in [9.17, 15) is 0 Å². The largest absolute Gasteiger partial charge is 0.496 e. The first-order valence-corrected chi connectivity index (χ1v) is 7.54. The minimum absolute atomic E-state index is 0.0146. The lowest BCUT2D eigenvalue weighted by Crippen LogP contribution is -2.10. The van der Waals surface area contributed by atoms with Gasteiger partial charge in [0.1, 0.15) is 21.5 Å². The van der Waals surface area contributed by atoms with E-state index in [0.717, 1.165) is 31.5 Å². The highest BCUT2D eigenvalue weighted by Crippen LogP contribution is 2.38. The Labute approximate surface area is 125 Å². The highest BCUT2D eigenvalue weighted by atomic mass is 79.9. The van der Waals surface area contributed by atoms with E-state index >= 15 is 0 Å². The summed E-state index contributed by atoms with van der Waals surface area (Å²) in [6.45, 7) is 6.41. The van der Waals surface area contributed by atoms with Gasteiger partial charge in [-0.25, -0.2) is 4.98 Å². The number of aromatic nitrogens is 1. The van der Waals surface area contributed by atoms with Crippen molar-refractivity contribution in [3.8, 4) is 17.0 Å². The maximum atomic E-state index is 6.10. The molecule has 0 aliphatic rings. The number of nitrogens with zero attached hydrogens (tertiary/aromatic N) is 1. The smallest absolute Gasteiger partial charge is 0.133 e. The molecule has 5 heteroatoms. The van der Waals surface area contributed by atoms with Gasteiger partial charge in [0.15, 0.2) is 0 Å². The van der Waals surface area contributed by atoms with Gasteiger partial charge in [0.25, 0.3) is 0 Å². The van der Waals surface area contributed by atoms with Gasteiger partial charge in [0.05, 0.1) is 11.6 Å². The average molecular weight is 341 g/mol. The highest BCUT2D eigenvalue weighted by molar-refractivity contribution is 9.10. The lowest BCUT2D eigenvalue weighted by molar-refractivity contribution is 0.412. The number of ether oxygens (including phenoxy) is 1. The van der Waals surface area contributed by atoms with Crippen LogP contribution in [0.15, 0.2) is 22.7 Å². The molecule has 0 aliphatic heterocycles. The normalized spacial score (nSPS) is 11.6. The molecule has 0 atom stereocenters. The molecule has 0 fully saturated rings. The fraction of sp³-hybridized carbons (Fsp3) is 0.357. The monoisotopic (exact) mass is 340 g/mol. The summed E-state index contributed by atoms with van der Waals surface area (Å²) >= 11 is 5.04. The fourth-order valence-corrected chi connectivity index (χ4v) is 3.13. The number of methoxy groups -OCH3 is 1. The van der Waals surface area contributed by atoms with Crippen LogP contribution in [-0.2, 0) is 5.41 Å². The van der Waals surface area contributed by atoms with Gasteiger partial charge >= 0.3 is 0 Å². The molecule has 0 bridgehead atoms. The van der Waals surface area contributed by atoms with E-state index in [0.29, 0.717) is 0 Å². The molecule has 0 saturated carbocycles. The summed E-state index contributed by atoms with van der Waals surface area (Å²) < 4.78 is 6.13. The summed E-state index contributed by atoms with van der Waals surface area (Å²) in [5, 5.41) is 1.80. The van der Waals surface area contributed by atoms with Crippen LogP contribution in [0.1, 0.15) is 25.8 Å². The van der Waals surface area contributed by atoms with E-state index < -0.39 is 0 Å². The average Bonchev–Trinajstić information content (AvgIpc) is 2.71. The van der Waals surface area contributed by atoms with E-state index in [4.69, 9.17) is 10.5 Å². The van der Waals surface area contributed by atoms with Crippen molar-refractivity contribution >= 4 is 32.3 Å². The summed E-state index contributed by atoms with van der Waals surface area (Å²) in [4.78, 5) is 4.68. The van der Waals surface area contributed by atoms with Crippen LogP contribution < -0.4 is 10.5 Å². The van der Waals surface area contributed by atoms with Gasteiger partial charge in [0.2, 0.25) is 0 Å². The van der Waals surface area contributed by atoms with Gasteiger partial charge in [-0.05, 0) is 34.1 Å². The zero-order valence-electron chi connectivity index (χ0n) is 11.5. The summed E-state index contributed by atoms with van der Waals surface area (Å²) in [6, 6.07) is 5.87. The molecule has 0 radical (unpaired) electrons. The van der Waals surface area contributed by atoms with E-state index in [2.05, 4.69) is 41.7 Å². The van der Waals surface area contributed by atoms with Crippen LogP contribution >= 0.6 is 27.3 Å². The SMILES string of the molecule is COc1ccc(-c2nc(C(C)(C)C)sc2N)cc1Br. The molecule has 2 rings (SSSR count). The van der Waals surface area contributed by atoms with Gasteiger partial charge < -0.3 is 10.5 Å². The molecule has 0 spiro atoms. The Bertz CT molecular complexity index is 602. The third kappa shape index (κ3) is 2.92. The molecule has 0 saturated heterocycles. The maximum Gasteiger partial charge on any atom is 0.133 e. The van der Waals surface area contributed by atoms with Crippen molar-refractivity contribution in [2.45, 2.75) is 26.2 Å². The van der Waals surface area contributed by atoms with Gasteiger partial charge in [-0.15, -0.1) is 11.3 Å². The summed E-state index contributed by atoms with van der Waals surface area (Å²) in [5.41, 5.74) is 7.96. The first kappa shape index (κ1) is 14.3. The molecular formula is C14H17BrN2OS. The van der Waals surface area contributed by atoms with Crippen molar-refractivity contribution in [3.63, 3.8) is 0 Å². The zero-order chi connectivity index (χ0) is 14.2. The number of halogens is 1. The third-order valence-electron chi connectivity index (χ3n) is 2.72. The second kappa shape index (κ2) is 5.13. The molecule has 1 aromatic carbocycles. The molecule has 2 aromatic rings. The molecule has 0 unspecified atom stereocenters. The van der Waals surface area contributed by atoms with E-state index in [1.807, 2.05) is 18.2 Å². The fourth-order valence-electron chi connectivity index (χ4n) is 1.67. The van der Waals surface area contributed by atoms with Gasteiger partial charge in [0, 0.05) is 11.0 Å². The number of hydrogen-bond acceptors (Lipinski definition) is 4. The number of nitrogens with two attached hydrogens (primary N) is 1. The second-order valence-corrected chi connectivity index (χ2v) is 7.22. The molecule has 3 nitrogen and oxygen atoms in total. The van der Waals surface area contributed by atoms with Crippen LogP contribution in [0.25, 0.3) is 11.3 Å². The van der Waals surface area contributed by atoms with Crippen molar-refractivity contribution in [3.05, 3.63) is 27.7 Å². The summed E-state index contributed by atoms with van der Waals surface area (Å²) in [7, 11) is 1.65. The van der Waals surface area contributed by atoms with Crippen molar-refractivity contribution in [1.82, 2.24) is 4.98 Å². The quantitative estimate of drug-likeness (QED) is 0.877. The predicted molar refractivity (Wildman–Crippen MR) is 84.9 cm³/mol. The molecule has 19 heavy (non-hydrogen) atoms. The van der Waals surface area contributed by atoms with E-state index in [1.54, 1.807) is 18.4 Å². The first-order chi connectivity index (χ1) is 8.82. The topological polar surface area (TPSA) is 48.1 Å². The molecule has 1 heterocycles. The molecular weight excluding hydrogens is 324 g/mol. The summed E-state index contributed by atoms with van der Waals surface area (Å²) in [6.07, 6.45) is 0. The predicted octanol–water partition coefficient (Wildman–Crippen LogP) is 4.46. The first-order valence-electron chi connectivity index (χ1n) is 5.93. The Balaban J connectivity index is 2.48. The van der Waals surface area contributed by atoms with Gasteiger partial charge in [-0.3, -0.25) is 0 Å². The highest BCUT2D eigenvalue weighted by Gasteiger charge is 2.21. The van der Waals surface area contributed by atoms with Crippen molar-refractivity contribution in [2.24, 2.45) is 0 Å². The number of hydrogen-bond donors (Lipinski definition) is 1.